The minimum Gasteiger partial charge on any atom is -0.489 e. The number of carbonyl (C=O) groups excluding carboxylic acids is 2. The highest BCUT2D eigenvalue weighted by molar-refractivity contribution is 6.05. The Morgan fingerprint density at radius 1 is 0.824 bits per heavy atom. The molecule has 1 heterocycles. The molecule has 0 radical (unpaired) electrons. The van der Waals surface area contributed by atoms with E-state index in [9.17, 15) is 9.59 Å². The highest BCUT2D eigenvalue weighted by atomic mass is 16.5. The Morgan fingerprint density at radius 3 is 2.15 bits per heavy atom. The molecule has 0 unspecified atom stereocenters. The molecule has 4 aromatic rings. The largest absolute Gasteiger partial charge is 0.489 e. The average molecular weight is 457 g/mol. The minimum absolute atomic E-state index is 0.275. The normalized spacial score (nSPS) is 10.4. The molecular formula is C26H24N4O4. The number of ether oxygens (including phenoxy) is 1. The van der Waals surface area contributed by atoms with Crippen LogP contribution in [0.15, 0.2) is 83.4 Å². The number of nitrogens with zero attached hydrogens (tertiary/aromatic N) is 1. The van der Waals surface area contributed by atoms with Gasteiger partial charge in [0.25, 0.3) is 5.91 Å². The van der Waals surface area contributed by atoms with Crippen molar-refractivity contribution < 1.29 is 18.8 Å². The third-order valence-corrected chi connectivity index (χ3v) is 5.09. The molecule has 4 rings (SSSR count). The van der Waals surface area contributed by atoms with E-state index in [4.69, 9.17) is 9.26 Å². The van der Waals surface area contributed by atoms with Gasteiger partial charge in [-0.25, -0.2) is 4.79 Å². The van der Waals surface area contributed by atoms with E-state index in [2.05, 4.69) is 21.1 Å². The molecule has 0 atom stereocenters. The van der Waals surface area contributed by atoms with Crippen molar-refractivity contribution in [3.05, 3.63) is 101 Å². The quantitative estimate of drug-likeness (QED) is 0.328. The number of carbonyl (C=O) groups is 2. The average Bonchev–Trinajstić information content (AvgIpc) is 3.16. The van der Waals surface area contributed by atoms with Gasteiger partial charge in [0, 0.05) is 22.6 Å². The summed E-state index contributed by atoms with van der Waals surface area (Å²) in [6, 6.07) is 22.5. The Bertz CT molecular complexity index is 1260. The van der Waals surface area contributed by atoms with Gasteiger partial charge in [-0.05, 0) is 68.4 Å². The number of aryl methyl sites for hydroxylation is 2. The van der Waals surface area contributed by atoms with Crippen LogP contribution < -0.4 is 20.7 Å². The van der Waals surface area contributed by atoms with E-state index in [1.165, 1.54) is 0 Å². The van der Waals surface area contributed by atoms with Crippen LogP contribution in [0.4, 0.5) is 21.9 Å². The van der Waals surface area contributed by atoms with E-state index < -0.39 is 0 Å². The summed E-state index contributed by atoms with van der Waals surface area (Å²) >= 11 is 0. The molecule has 34 heavy (non-hydrogen) atoms. The molecule has 172 valence electrons. The lowest BCUT2D eigenvalue weighted by molar-refractivity contribution is 0.102. The van der Waals surface area contributed by atoms with E-state index >= 15 is 0 Å². The van der Waals surface area contributed by atoms with E-state index in [0.717, 1.165) is 17.0 Å². The van der Waals surface area contributed by atoms with Crippen LogP contribution in [-0.2, 0) is 6.61 Å². The third kappa shape index (κ3) is 5.80. The fourth-order valence-electron chi connectivity index (χ4n) is 3.26. The number of amides is 3. The van der Waals surface area contributed by atoms with E-state index in [-0.39, 0.29) is 11.9 Å². The number of para-hydroxylation sites is 1. The van der Waals surface area contributed by atoms with Gasteiger partial charge in [0.1, 0.15) is 18.1 Å². The Balaban J connectivity index is 1.33. The number of hydrogen-bond acceptors (Lipinski definition) is 5. The van der Waals surface area contributed by atoms with Crippen LogP contribution in [0.3, 0.4) is 0 Å². The predicted molar refractivity (Wildman–Crippen MR) is 130 cm³/mol. The Hall–Kier alpha value is -4.59. The standard InChI is InChI=1S/C26H24N4O4/c1-17-24(18(2)34-30-17)16-33-23-13-11-19(12-14-23)25(31)27-21-9-6-10-22(15-21)29-26(32)28-20-7-4-3-5-8-20/h3-15H,16H2,1-2H3,(H,27,31)(H2,28,29,32). The zero-order valence-electron chi connectivity index (χ0n) is 18.8. The Morgan fingerprint density at radius 2 is 1.47 bits per heavy atom. The number of nitrogens with one attached hydrogen (secondary N) is 3. The molecular weight excluding hydrogens is 432 g/mol. The second kappa shape index (κ2) is 10.4. The molecule has 0 spiro atoms. The number of hydrogen-bond donors (Lipinski definition) is 3. The zero-order valence-corrected chi connectivity index (χ0v) is 18.8. The molecule has 3 amide bonds. The monoisotopic (exact) mass is 456 g/mol. The molecule has 8 nitrogen and oxygen atoms in total. The Kier molecular flexibility index (Phi) is 6.88. The van der Waals surface area contributed by atoms with Gasteiger partial charge in [0.2, 0.25) is 0 Å². The fourth-order valence-corrected chi connectivity index (χ4v) is 3.26. The second-order valence-corrected chi connectivity index (χ2v) is 7.60. The van der Waals surface area contributed by atoms with Gasteiger partial charge < -0.3 is 25.2 Å². The topological polar surface area (TPSA) is 105 Å². The molecule has 1 aromatic heterocycles. The van der Waals surface area contributed by atoms with Crippen molar-refractivity contribution >= 4 is 29.0 Å². The first-order valence-corrected chi connectivity index (χ1v) is 10.7. The summed E-state index contributed by atoms with van der Waals surface area (Å²) in [7, 11) is 0. The highest BCUT2D eigenvalue weighted by Gasteiger charge is 2.11. The van der Waals surface area contributed by atoms with Gasteiger partial charge in [0.15, 0.2) is 0 Å². The number of benzene rings is 3. The molecule has 0 aliphatic carbocycles. The van der Waals surface area contributed by atoms with Crippen molar-refractivity contribution in [2.75, 3.05) is 16.0 Å². The van der Waals surface area contributed by atoms with E-state index in [0.29, 0.717) is 35.0 Å². The van der Waals surface area contributed by atoms with Crippen molar-refractivity contribution in [3.8, 4) is 5.75 Å². The van der Waals surface area contributed by atoms with Crippen LogP contribution >= 0.6 is 0 Å². The summed E-state index contributed by atoms with van der Waals surface area (Å²) in [6.45, 7) is 4.04. The first-order chi connectivity index (χ1) is 16.5. The van der Waals surface area contributed by atoms with Crippen LogP contribution in [0.2, 0.25) is 0 Å². The van der Waals surface area contributed by atoms with Crippen molar-refractivity contribution in [2.24, 2.45) is 0 Å². The summed E-state index contributed by atoms with van der Waals surface area (Å²) < 4.78 is 10.9. The van der Waals surface area contributed by atoms with Gasteiger partial charge >= 0.3 is 6.03 Å². The van der Waals surface area contributed by atoms with Crippen LogP contribution in [0.1, 0.15) is 27.4 Å². The lowest BCUT2D eigenvalue weighted by atomic mass is 10.2. The summed E-state index contributed by atoms with van der Waals surface area (Å²) in [5.41, 5.74) is 3.97. The van der Waals surface area contributed by atoms with E-state index in [1.54, 1.807) is 60.7 Å². The predicted octanol–water partition coefficient (Wildman–Crippen LogP) is 5.77. The fraction of sp³-hybridized carbons (Fsp3) is 0.115. The minimum atomic E-state index is -0.373. The SMILES string of the molecule is Cc1noc(C)c1COc1ccc(C(=O)Nc2cccc(NC(=O)Nc3ccccc3)c2)cc1. The summed E-state index contributed by atoms with van der Waals surface area (Å²) in [6.07, 6.45) is 0. The number of urea groups is 1. The van der Waals surface area contributed by atoms with Crippen molar-refractivity contribution in [3.63, 3.8) is 0 Å². The summed E-state index contributed by atoms with van der Waals surface area (Å²) in [5.74, 6) is 1.08. The second-order valence-electron chi connectivity index (χ2n) is 7.60. The van der Waals surface area contributed by atoms with Crippen molar-refractivity contribution in [1.29, 1.82) is 0 Å². The maximum absolute atomic E-state index is 12.7. The summed E-state index contributed by atoms with van der Waals surface area (Å²) in [4.78, 5) is 24.9. The van der Waals surface area contributed by atoms with Gasteiger partial charge in [0.05, 0.1) is 11.3 Å². The van der Waals surface area contributed by atoms with Crippen LogP contribution in [0.5, 0.6) is 5.75 Å². The van der Waals surface area contributed by atoms with Gasteiger partial charge in [-0.15, -0.1) is 0 Å². The molecule has 0 saturated carbocycles. The number of aromatic nitrogens is 1. The lowest BCUT2D eigenvalue weighted by Crippen LogP contribution is -2.19. The van der Waals surface area contributed by atoms with Crippen molar-refractivity contribution in [1.82, 2.24) is 5.16 Å². The molecule has 0 aliphatic heterocycles. The number of rotatable bonds is 7. The molecule has 3 aromatic carbocycles. The van der Waals surface area contributed by atoms with Crippen molar-refractivity contribution in [2.45, 2.75) is 20.5 Å². The molecule has 0 bridgehead atoms. The smallest absolute Gasteiger partial charge is 0.323 e. The maximum Gasteiger partial charge on any atom is 0.323 e. The molecule has 3 N–H and O–H groups in total. The highest BCUT2D eigenvalue weighted by Crippen LogP contribution is 2.20. The van der Waals surface area contributed by atoms with E-state index in [1.807, 2.05) is 32.0 Å². The van der Waals surface area contributed by atoms with Gasteiger partial charge in [-0.3, -0.25) is 4.79 Å². The molecule has 0 aliphatic rings. The maximum atomic E-state index is 12.7. The Labute approximate surface area is 196 Å². The number of anilines is 3. The first kappa shape index (κ1) is 22.6. The zero-order chi connectivity index (χ0) is 23.9. The van der Waals surface area contributed by atoms with Crippen LogP contribution in [0.25, 0.3) is 0 Å². The van der Waals surface area contributed by atoms with Gasteiger partial charge in [-0.1, -0.05) is 29.4 Å². The van der Waals surface area contributed by atoms with Crippen LogP contribution in [-0.4, -0.2) is 17.1 Å². The lowest BCUT2D eigenvalue weighted by Gasteiger charge is -2.10. The van der Waals surface area contributed by atoms with Gasteiger partial charge in [-0.2, -0.15) is 0 Å². The third-order valence-electron chi connectivity index (χ3n) is 5.09. The summed E-state index contributed by atoms with van der Waals surface area (Å²) in [5, 5.41) is 12.3. The van der Waals surface area contributed by atoms with Crippen LogP contribution in [0, 0.1) is 13.8 Å². The first-order valence-electron chi connectivity index (χ1n) is 10.7. The molecule has 0 saturated heterocycles. The molecule has 8 heteroatoms. The molecule has 0 fully saturated rings.